The van der Waals surface area contributed by atoms with Crippen LogP contribution < -0.4 is 0 Å². The number of hydrogen-bond donors (Lipinski definition) is 1. The monoisotopic (exact) mass is 240 g/mol. The number of piperidine rings is 2. The molecule has 0 spiro atoms. The third kappa shape index (κ3) is 2.38. The van der Waals surface area contributed by atoms with Gasteiger partial charge in [-0.15, -0.1) is 0 Å². The van der Waals surface area contributed by atoms with E-state index in [1.807, 2.05) is 0 Å². The zero-order valence-electron chi connectivity index (χ0n) is 11.7. The van der Waals surface area contributed by atoms with Gasteiger partial charge in [0.15, 0.2) is 0 Å². The first-order valence-corrected chi connectivity index (χ1v) is 7.12. The summed E-state index contributed by atoms with van der Waals surface area (Å²) < 4.78 is 0. The van der Waals surface area contributed by atoms with E-state index in [-0.39, 0.29) is 5.54 Å². The predicted molar refractivity (Wildman–Crippen MR) is 71.1 cm³/mol. The van der Waals surface area contributed by atoms with Gasteiger partial charge in [0.25, 0.3) is 0 Å². The summed E-state index contributed by atoms with van der Waals surface area (Å²) in [6, 6.07) is 0.670. The zero-order valence-corrected chi connectivity index (χ0v) is 11.7. The molecular weight excluding hydrogens is 212 g/mol. The molecule has 2 heterocycles. The fraction of sp³-hybridized carbons (Fsp3) is 1.00. The number of likely N-dealkylation sites (tertiary alicyclic amines) is 2. The molecule has 2 aliphatic heterocycles. The van der Waals surface area contributed by atoms with Crippen LogP contribution in [0.25, 0.3) is 0 Å². The van der Waals surface area contributed by atoms with Crippen LogP contribution in [0.1, 0.15) is 39.0 Å². The molecular formula is C14H28N2O. The molecule has 2 rings (SSSR count). The minimum Gasteiger partial charge on any atom is -0.394 e. The molecule has 3 unspecified atom stereocenters. The van der Waals surface area contributed by atoms with Gasteiger partial charge in [-0.2, -0.15) is 0 Å². The Bertz CT molecular complexity index is 259. The first kappa shape index (κ1) is 13.3. The summed E-state index contributed by atoms with van der Waals surface area (Å²) in [4.78, 5) is 4.91. The summed E-state index contributed by atoms with van der Waals surface area (Å²) in [5.41, 5.74) is -0.0193. The lowest BCUT2D eigenvalue weighted by Gasteiger charge is -2.53. The van der Waals surface area contributed by atoms with Crippen molar-refractivity contribution in [2.45, 2.75) is 50.6 Å². The van der Waals surface area contributed by atoms with Gasteiger partial charge in [0.05, 0.1) is 6.61 Å². The Balaban J connectivity index is 2.16. The van der Waals surface area contributed by atoms with Crippen LogP contribution in [0.4, 0.5) is 0 Å². The third-order valence-corrected chi connectivity index (χ3v) is 5.29. The van der Waals surface area contributed by atoms with Crippen LogP contribution in [0.3, 0.4) is 0 Å². The second-order valence-corrected chi connectivity index (χ2v) is 6.23. The standard InChI is InChI=1S/C14H28N2O/c1-14(11-17)12(7-6-10-16(14)3)13-8-4-5-9-15(13)2/h12-13,17H,4-11H2,1-3H3. The summed E-state index contributed by atoms with van der Waals surface area (Å²) >= 11 is 0. The zero-order chi connectivity index (χ0) is 12.5. The summed E-state index contributed by atoms with van der Waals surface area (Å²) in [7, 11) is 4.43. The van der Waals surface area contributed by atoms with Gasteiger partial charge in [0.1, 0.15) is 0 Å². The van der Waals surface area contributed by atoms with Gasteiger partial charge >= 0.3 is 0 Å². The summed E-state index contributed by atoms with van der Waals surface area (Å²) in [5.74, 6) is 0.622. The van der Waals surface area contributed by atoms with Crippen LogP contribution in [-0.2, 0) is 0 Å². The van der Waals surface area contributed by atoms with E-state index in [1.165, 1.54) is 38.6 Å². The Morgan fingerprint density at radius 1 is 1.12 bits per heavy atom. The van der Waals surface area contributed by atoms with Gasteiger partial charge in [-0.1, -0.05) is 6.42 Å². The van der Waals surface area contributed by atoms with E-state index in [9.17, 15) is 5.11 Å². The van der Waals surface area contributed by atoms with Crippen molar-refractivity contribution in [2.75, 3.05) is 33.8 Å². The molecule has 0 aromatic heterocycles. The van der Waals surface area contributed by atoms with Crippen molar-refractivity contribution in [1.82, 2.24) is 9.80 Å². The predicted octanol–water partition coefficient (Wildman–Crippen LogP) is 1.56. The smallest absolute Gasteiger partial charge is 0.0615 e. The normalized spacial score (nSPS) is 41.6. The van der Waals surface area contributed by atoms with Gasteiger partial charge < -0.3 is 10.0 Å². The fourth-order valence-corrected chi connectivity index (χ4v) is 3.85. The van der Waals surface area contributed by atoms with Crippen molar-refractivity contribution in [1.29, 1.82) is 0 Å². The minimum absolute atomic E-state index is 0.0193. The molecule has 0 bridgehead atoms. The Kier molecular flexibility index (Phi) is 4.11. The quantitative estimate of drug-likeness (QED) is 0.793. The lowest BCUT2D eigenvalue weighted by Crippen LogP contribution is -2.61. The van der Waals surface area contributed by atoms with Gasteiger partial charge in [0, 0.05) is 11.6 Å². The van der Waals surface area contributed by atoms with Gasteiger partial charge in [-0.3, -0.25) is 4.90 Å². The van der Waals surface area contributed by atoms with Gasteiger partial charge in [0.2, 0.25) is 0 Å². The molecule has 1 N–H and O–H groups in total. The van der Waals surface area contributed by atoms with E-state index >= 15 is 0 Å². The van der Waals surface area contributed by atoms with E-state index < -0.39 is 0 Å². The van der Waals surface area contributed by atoms with Crippen molar-refractivity contribution < 1.29 is 5.11 Å². The average Bonchev–Trinajstić information content (AvgIpc) is 2.34. The molecule has 100 valence electrons. The maximum absolute atomic E-state index is 9.85. The Morgan fingerprint density at radius 3 is 2.53 bits per heavy atom. The van der Waals surface area contributed by atoms with E-state index in [4.69, 9.17) is 0 Å². The molecule has 0 saturated carbocycles. The molecule has 0 amide bonds. The molecule has 0 aromatic carbocycles. The highest BCUT2D eigenvalue weighted by Gasteiger charge is 2.45. The number of rotatable bonds is 2. The van der Waals surface area contributed by atoms with Crippen molar-refractivity contribution in [3.05, 3.63) is 0 Å². The highest BCUT2D eigenvalue weighted by Crippen LogP contribution is 2.38. The molecule has 3 heteroatoms. The van der Waals surface area contributed by atoms with E-state index in [0.717, 1.165) is 6.54 Å². The molecule has 3 nitrogen and oxygen atoms in total. The van der Waals surface area contributed by atoms with E-state index in [1.54, 1.807) is 0 Å². The minimum atomic E-state index is -0.0193. The van der Waals surface area contributed by atoms with Crippen molar-refractivity contribution in [2.24, 2.45) is 5.92 Å². The summed E-state index contributed by atoms with van der Waals surface area (Å²) in [6.07, 6.45) is 6.56. The van der Waals surface area contributed by atoms with Crippen LogP contribution in [0.15, 0.2) is 0 Å². The van der Waals surface area contributed by atoms with Crippen LogP contribution in [0.5, 0.6) is 0 Å². The van der Waals surface area contributed by atoms with Gasteiger partial charge in [-0.05, 0) is 65.7 Å². The molecule has 0 aliphatic carbocycles. The molecule has 0 radical (unpaired) electrons. The first-order chi connectivity index (χ1) is 8.09. The van der Waals surface area contributed by atoms with Crippen molar-refractivity contribution >= 4 is 0 Å². The molecule has 2 fully saturated rings. The molecule has 2 saturated heterocycles. The lowest BCUT2D eigenvalue weighted by molar-refractivity contribution is -0.0557. The molecule has 17 heavy (non-hydrogen) atoms. The van der Waals surface area contributed by atoms with E-state index in [2.05, 4.69) is 30.8 Å². The maximum atomic E-state index is 9.85. The number of hydrogen-bond acceptors (Lipinski definition) is 3. The Labute approximate surface area is 106 Å². The topological polar surface area (TPSA) is 26.7 Å². The van der Waals surface area contributed by atoms with Crippen molar-refractivity contribution in [3.63, 3.8) is 0 Å². The number of nitrogens with zero attached hydrogens (tertiary/aromatic N) is 2. The summed E-state index contributed by atoms with van der Waals surface area (Å²) in [6.45, 7) is 4.90. The van der Waals surface area contributed by atoms with Crippen LogP contribution in [-0.4, -0.2) is 60.3 Å². The molecule has 3 atom stereocenters. The second-order valence-electron chi connectivity index (χ2n) is 6.23. The highest BCUT2D eigenvalue weighted by atomic mass is 16.3. The lowest BCUT2D eigenvalue weighted by atomic mass is 9.71. The third-order valence-electron chi connectivity index (χ3n) is 5.29. The number of aliphatic hydroxyl groups excluding tert-OH is 1. The fourth-order valence-electron chi connectivity index (χ4n) is 3.85. The van der Waals surface area contributed by atoms with Crippen LogP contribution in [0.2, 0.25) is 0 Å². The van der Waals surface area contributed by atoms with Crippen LogP contribution >= 0.6 is 0 Å². The SMILES string of the molecule is CN1CCCCC1C1CCCN(C)C1(C)CO. The van der Waals surface area contributed by atoms with E-state index in [0.29, 0.717) is 18.6 Å². The Morgan fingerprint density at radius 2 is 1.88 bits per heavy atom. The first-order valence-electron chi connectivity index (χ1n) is 7.12. The Hall–Kier alpha value is -0.120. The molecule has 2 aliphatic rings. The largest absolute Gasteiger partial charge is 0.394 e. The molecule has 0 aromatic rings. The highest BCUT2D eigenvalue weighted by molar-refractivity contribution is 5.00. The van der Waals surface area contributed by atoms with Crippen LogP contribution in [0, 0.1) is 5.92 Å². The summed E-state index contributed by atoms with van der Waals surface area (Å²) in [5, 5.41) is 9.85. The van der Waals surface area contributed by atoms with Gasteiger partial charge in [-0.25, -0.2) is 0 Å². The maximum Gasteiger partial charge on any atom is 0.0615 e. The number of aliphatic hydroxyl groups is 1. The van der Waals surface area contributed by atoms with Crippen molar-refractivity contribution in [3.8, 4) is 0 Å². The second kappa shape index (κ2) is 5.25. The number of likely N-dealkylation sites (N-methyl/N-ethyl adjacent to an activating group) is 1. The average molecular weight is 240 g/mol.